The maximum atomic E-state index is 5.83. The molecule has 0 heterocycles. The van der Waals surface area contributed by atoms with E-state index in [1.807, 2.05) is 0 Å². The standard InChI is InChI=1S/C11H22N2/c1-13(11(9-12)7-8-11)10-5-3-2-4-6-10/h10H,2-9,12H2,1H3. The number of hydrogen-bond donors (Lipinski definition) is 1. The zero-order valence-electron chi connectivity index (χ0n) is 8.76. The van der Waals surface area contributed by atoms with E-state index in [1.165, 1.54) is 44.9 Å². The van der Waals surface area contributed by atoms with Gasteiger partial charge in [0.2, 0.25) is 0 Å². The smallest absolute Gasteiger partial charge is 0.0333 e. The number of likely N-dealkylation sites (N-methyl/N-ethyl adjacent to an activating group) is 1. The zero-order valence-corrected chi connectivity index (χ0v) is 8.76. The van der Waals surface area contributed by atoms with Crippen LogP contribution in [-0.4, -0.2) is 30.1 Å². The fourth-order valence-electron chi connectivity index (χ4n) is 2.70. The fourth-order valence-corrected chi connectivity index (χ4v) is 2.70. The Kier molecular flexibility index (Phi) is 2.61. The van der Waals surface area contributed by atoms with Crippen LogP contribution in [0.3, 0.4) is 0 Å². The van der Waals surface area contributed by atoms with E-state index in [-0.39, 0.29) is 0 Å². The average molecular weight is 182 g/mol. The maximum Gasteiger partial charge on any atom is 0.0333 e. The Bertz CT molecular complexity index is 169. The molecule has 0 radical (unpaired) electrons. The maximum absolute atomic E-state index is 5.83. The van der Waals surface area contributed by atoms with E-state index < -0.39 is 0 Å². The highest BCUT2D eigenvalue weighted by Crippen LogP contribution is 2.42. The van der Waals surface area contributed by atoms with Crippen molar-refractivity contribution in [1.29, 1.82) is 0 Å². The van der Waals surface area contributed by atoms with Gasteiger partial charge in [0.1, 0.15) is 0 Å². The minimum atomic E-state index is 0.419. The van der Waals surface area contributed by atoms with Crippen molar-refractivity contribution >= 4 is 0 Å². The first-order valence-corrected chi connectivity index (χ1v) is 5.71. The molecule has 2 saturated carbocycles. The summed E-state index contributed by atoms with van der Waals surface area (Å²) in [6.07, 6.45) is 9.76. The zero-order chi connectivity index (χ0) is 9.31. The molecule has 0 aromatic heterocycles. The van der Waals surface area contributed by atoms with Crippen molar-refractivity contribution in [3.8, 4) is 0 Å². The summed E-state index contributed by atoms with van der Waals surface area (Å²) in [4.78, 5) is 2.59. The molecule has 2 rings (SSSR count). The van der Waals surface area contributed by atoms with Gasteiger partial charge in [-0.15, -0.1) is 0 Å². The lowest BCUT2D eigenvalue weighted by molar-refractivity contribution is 0.126. The molecule has 0 bridgehead atoms. The van der Waals surface area contributed by atoms with Gasteiger partial charge in [-0.25, -0.2) is 0 Å². The van der Waals surface area contributed by atoms with Gasteiger partial charge in [-0.1, -0.05) is 19.3 Å². The summed E-state index contributed by atoms with van der Waals surface area (Å²) in [5.74, 6) is 0. The summed E-state index contributed by atoms with van der Waals surface area (Å²) in [6.45, 7) is 0.861. The molecule has 0 amide bonds. The highest BCUT2D eigenvalue weighted by Gasteiger charge is 2.47. The minimum Gasteiger partial charge on any atom is -0.329 e. The minimum absolute atomic E-state index is 0.419. The molecular weight excluding hydrogens is 160 g/mol. The number of nitrogens with zero attached hydrogens (tertiary/aromatic N) is 1. The lowest BCUT2D eigenvalue weighted by Gasteiger charge is -2.37. The van der Waals surface area contributed by atoms with Crippen LogP contribution in [0.5, 0.6) is 0 Å². The van der Waals surface area contributed by atoms with Crippen LogP contribution in [-0.2, 0) is 0 Å². The van der Waals surface area contributed by atoms with Crippen LogP contribution < -0.4 is 5.73 Å². The van der Waals surface area contributed by atoms with Gasteiger partial charge >= 0.3 is 0 Å². The van der Waals surface area contributed by atoms with E-state index in [1.54, 1.807) is 0 Å². The van der Waals surface area contributed by atoms with Crippen molar-refractivity contribution in [2.24, 2.45) is 5.73 Å². The van der Waals surface area contributed by atoms with Crippen LogP contribution in [0.1, 0.15) is 44.9 Å². The Morgan fingerprint density at radius 1 is 1.23 bits per heavy atom. The SMILES string of the molecule is CN(C1CCCCC1)C1(CN)CC1. The molecule has 0 unspecified atom stereocenters. The molecule has 0 saturated heterocycles. The van der Waals surface area contributed by atoms with Crippen molar-refractivity contribution in [3.05, 3.63) is 0 Å². The molecule has 2 aliphatic carbocycles. The van der Waals surface area contributed by atoms with Crippen molar-refractivity contribution < 1.29 is 0 Å². The van der Waals surface area contributed by atoms with Crippen LogP contribution in [0.2, 0.25) is 0 Å². The second-order valence-electron chi connectivity index (χ2n) is 4.83. The third-order valence-electron chi connectivity index (χ3n) is 4.08. The Morgan fingerprint density at radius 2 is 1.85 bits per heavy atom. The third-order valence-corrected chi connectivity index (χ3v) is 4.08. The Balaban J connectivity index is 1.91. The first-order chi connectivity index (χ1) is 6.28. The van der Waals surface area contributed by atoms with E-state index in [4.69, 9.17) is 5.73 Å². The third kappa shape index (κ3) is 1.75. The van der Waals surface area contributed by atoms with Crippen LogP contribution >= 0.6 is 0 Å². The quantitative estimate of drug-likeness (QED) is 0.720. The van der Waals surface area contributed by atoms with Crippen LogP contribution in [0, 0.1) is 0 Å². The highest BCUT2D eigenvalue weighted by atomic mass is 15.2. The topological polar surface area (TPSA) is 29.3 Å². The molecule has 2 N–H and O–H groups in total. The normalized spacial score (nSPS) is 27.9. The van der Waals surface area contributed by atoms with E-state index in [0.717, 1.165) is 12.6 Å². The predicted molar refractivity (Wildman–Crippen MR) is 55.7 cm³/mol. The van der Waals surface area contributed by atoms with E-state index in [2.05, 4.69) is 11.9 Å². The van der Waals surface area contributed by atoms with Gasteiger partial charge < -0.3 is 5.73 Å². The fraction of sp³-hybridized carbons (Fsp3) is 1.00. The molecule has 2 fully saturated rings. The molecule has 13 heavy (non-hydrogen) atoms. The molecule has 0 aromatic carbocycles. The Labute approximate surface area is 81.5 Å². The van der Waals surface area contributed by atoms with E-state index in [0.29, 0.717) is 5.54 Å². The van der Waals surface area contributed by atoms with Gasteiger partial charge in [0, 0.05) is 18.1 Å². The number of rotatable bonds is 3. The van der Waals surface area contributed by atoms with Crippen molar-refractivity contribution in [3.63, 3.8) is 0 Å². The Hall–Kier alpha value is -0.0800. The van der Waals surface area contributed by atoms with Crippen molar-refractivity contribution in [2.45, 2.75) is 56.5 Å². The molecule has 76 valence electrons. The average Bonchev–Trinajstić information content (AvgIpc) is 2.99. The van der Waals surface area contributed by atoms with Crippen LogP contribution in [0.15, 0.2) is 0 Å². The van der Waals surface area contributed by atoms with Gasteiger partial charge in [0.05, 0.1) is 0 Å². The predicted octanol–water partition coefficient (Wildman–Crippen LogP) is 1.74. The second kappa shape index (κ2) is 3.58. The summed E-state index contributed by atoms with van der Waals surface area (Å²) in [6, 6.07) is 0.833. The number of nitrogens with two attached hydrogens (primary N) is 1. The van der Waals surface area contributed by atoms with Crippen LogP contribution in [0.4, 0.5) is 0 Å². The molecule has 0 aliphatic heterocycles. The molecule has 0 spiro atoms. The van der Waals surface area contributed by atoms with Gasteiger partial charge in [0.15, 0.2) is 0 Å². The lowest BCUT2D eigenvalue weighted by atomic mass is 9.93. The summed E-state index contributed by atoms with van der Waals surface area (Å²) >= 11 is 0. The molecule has 0 atom stereocenters. The molecule has 2 heteroatoms. The summed E-state index contributed by atoms with van der Waals surface area (Å²) < 4.78 is 0. The summed E-state index contributed by atoms with van der Waals surface area (Å²) in [5.41, 5.74) is 6.25. The summed E-state index contributed by atoms with van der Waals surface area (Å²) in [7, 11) is 2.29. The van der Waals surface area contributed by atoms with Gasteiger partial charge in [-0.2, -0.15) is 0 Å². The molecular formula is C11H22N2. The van der Waals surface area contributed by atoms with E-state index >= 15 is 0 Å². The first kappa shape index (κ1) is 9.47. The van der Waals surface area contributed by atoms with Gasteiger partial charge in [-0.3, -0.25) is 4.90 Å². The molecule has 2 nitrogen and oxygen atoms in total. The lowest BCUT2D eigenvalue weighted by Crippen LogP contribution is -2.47. The first-order valence-electron chi connectivity index (χ1n) is 5.71. The molecule has 0 aromatic rings. The van der Waals surface area contributed by atoms with Crippen molar-refractivity contribution in [1.82, 2.24) is 4.90 Å². The van der Waals surface area contributed by atoms with Crippen LogP contribution in [0.25, 0.3) is 0 Å². The van der Waals surface area contributed by atoms with Gasteiger partial charge in [0.25, 0.3) is 0 Å². The van der Waals surface area contributed by atoms with Gasteiger partial charge in [-0.05, 0) is 32.7 Å². The summed E-state index contributed by atoms with van der Waals surface area (Å²) in [5, 5.41) is 0. The van der Waals surface area contributed by atoms with E-state index in [9.17, 15) is 0 Å². The monoisotopic (exact) mass is 182 g/mol. The highest BCUT2D eigenvalue weighted by molar-refractivity contribution is 5.05. The molecule has 2 aliphatic rings. The Morgan fingerprint density at radius 3 is 2.31 bits per heavy atom. The van der Waals surface area contributed by atoms with Crippen molar-refractivity contribution in [2.75, 3.05) is 13.6 Å². The number of hydrogen-bond acceptors (Lipinski definition) is 2. The largest absolute Gasteiger partial charge is 0.329 e. The second-order valence-corrected chi connectivity index (χ2v) is 4.83.